The summed E-state index contributed by atoms with van der Waals surface area (Å²) < 4.78 is 28.0. The van der Waals surface area contributed by atoms with Gasteiger partial charge in [0.2, 0.25) is 0 Å². The minimum absolute atomic E-state index is 0.141. The fourth-order valence-corrected chi connectivity index (χ4v) is 1.90. The first-order chi connectivity index (χ1) is 8.67. The number of hydrogen-bond donors (Lipinski definition) is 1. The normalized spacial score (nSPS) is 10.9. The highest BCUT2D eigenvalue weighted by Crippen LogP contribution is 2.20. The van der Waals surface area contributed by atoms with Crippen LogP contribution in [-0.2, 0) is 13.0 Å². The molecular weight excluding hydrogens is 238 g/mol. The van der Waals surface area contributed by atoms with Crippen molar-refractivity contribution in [3.05, 3.63) is 47.3 Å². The Hall–Kier alpha value is -1.75. The van der Waals surface area contributed by atoms with Crippen molar-refractivity contribution in [1.29, 1.82) is 0 Å². The molecule has 0 amide bonds. The van der Waals surface area contributed by atoms with Gasteiger partial charge < -0.3 is 5.11 Å². The Morgan fingerprint density at radius 1 is 1.33 bits per heavy atom. The Bertz CT molecular complexity index is 552. The van der Waals surface area contributed by atoms with Crippen LogP contribution in [0.15, 0.2) is 24.4 Å². The Morgan fingerprint density at radius 3 is 2.72 bits per heavy atom. The second-order valence-electron chi connectivity index (χ2n) is 4.03. The maximum atomic E-state index is 13.7. The quantitative estimate of drug-likeness (QED) is 0.908. The maximum absolute atomic E-state index is 13.7. The fourth-order valence-electron chi connectivity index (χ4n) is 1.90. The fraction of sp³-hybridized carbons (Fsp3) is 0.308. The number of nitrogens with zero attached hydrogens (tertiary/aromatic N) is 2. The molecule has 0 bridgehead atoms. The molecule has 0 atom stereocenters. The molecule has 0 aliphatic rings. The molecule has 1 aromatic carbocycles. The van der Waals surface area contributed by atoms with Gasteiger partial charge in [-0.15, -0.1) is 0 Å². The summed E-state index contributed by atoms with van der Waals surface area (Å²) in [7, 11) is 0. The van der Waals surface area contributed by atoms with Gasteiger partial charge in [-0.25, -0.2) is 13.5 Å². The van der Waals surface area contributed by atoms with Gasteiger partial charge in [-0.2, -0.15) is 5.10 Å². The Morgan fingerprint density at radius 2 is 2.11 bits per heavy atom. The van der Waals surface area contributed by atoms with Gasteiger partial charge in [0.1, 0.15) is 11.5 Å². The number of benzene rings is 1. The lowest BCUT2D eigenvalue weighted by Crippen LogP contribution is -2.06. The minimum Gasteiger partial charge on any atom is -0.392 e. The Labute approximate surface area is 104 Å². The molecule has 96 valence electrons. The summed E-state index contributed by atoms with van der Waals surface area (Å²) in [6.45, 7) is 1.84. The molecule has 0 saturated carbocycles. The topological polar surface area (TPSA) is 38.1 Å². The number of hydrogen-bond acceptors (Lipinski definition) is 2. The standard InChI is InChI=1S/C13H14F2N2O/c1-2-3-12-9(8-18)7-16-17(12)13-5-4-10(14)6-11(13)15/h4-7,18H,2-3,8H2,1H3. The Balaban J connectivity index is 2.52. The van der Waals surface area contributed by atoms with Crippen LogP contribution < -0.4 is 0 Å². The highest BCUT2D eigenvalue weighted by atomic mass is 19.1. The molecule has 0 fully saturated rings. The summed E-state index contributed by atoms with van der Waals surface area (Å²) in [5.41, 5.74) is 1.62. The molecule has 18 heavy (non-hydrogen) atoms. The lowest BCUT2D eigenvalue weighted by molar-refractivity contribution is 0.280. The summed E-state index contributed by atoms with van der Waals surface area (Å²) in [5.74, 6) is -1.29. The van der Waals surface area contributed by atoms with E-state index in [1.807, 2.05) is 6.92 Å². The van der Waals surface area contributed by atoms with Gasteiger partial charge in [0.05, 0.1) is 12.8 Å². The van der Waals surface area contributed by atoms with Crippen LogP contribution in [0.5, 0.6) is 0 Å². The van der Waals surface area contributed by atoms with Crippen molar-refractivity contribution in [3.63, 3.8) is 0 Å². The second kappa shape index (κ2) is 5.27. The zero-order chi connectivity index (χ0) is 13.1. The largest absolute Gasteiger partial charge is 0.392 e. The number of aromatic nitrogens is 2. The zero-order valence-corrected chi connectivity index (χ0v) is 10.0. The van der Waals surface area contributed by atoms with Crippen molar-refractivity contribution in [2.24, 2.45) is 0 Å². The van der Waals surface area contributed by atoms with E-state index in [0.29, 0.717) is 12.0 Å². The number of halogens is 2. The third-order valence-electron chi connectivity index (χ3n) is 2.75. The first-order valence-corrected chi connectivity index (χ1v) is 5.79. The molecule has 0 saturated heterocycles. The van der Waals surface area contributed by atoms with Gasteiger partial charge in [0.25, 0.3) is 0 Å². The first kappa shape index (κ1) is 12.7. The van der Waals surface area contributed by atoms with E-state index in [9.17, 15) is 13.9 Å². The maximum Gasteiger partial charge on any atom is 0.151 e. The van der Waals surface area contributed by atoms with E-state index in [1.165, 1.54) is 23.0 Å². The molecular formula is C13H14F2N2O. The van der Waals surface area contributed by atoms with E-state index < -0.39 is 11.6 Å². The molecule has 2 aromatic rings. The highest BCUT2D eigenvalue weighted by Gasteiger charge is 2.14. The third-order valence-corrected chi connectivity index (χ3v) is 2.75. The van der Waals surface area contributed by atoms with Crippen molar-refractivity contribution >= 4 is 0 Å². The van der Waals surface area contributed by atoms with Crippen molar-refractivity contribution in [2.75, 3.05) is 0 Å². The van der Waals surface area contributed by atoms with Crippen LogP contribution in [0.3, 0.4) is 0 Å². The lowest BCUT2D eigenvalue weighted by atomic mass is 10.1. The van der Waals surface area contributed by atoms with Crippen LogP contribution in [0, 0.1) is 11.6 Å². The van der Waals surface area contributed by atoms with Gasteiger partial charge in [0, 0.05) is 17.3 Å². The summed E-state index contributed by atoms with van der Waals surface area (Å²) in [5, 5.41) is 13.3. The molecule has 0 aliphatic heterocycles. The average Bonchev–Trinajstić information content (AvgIpc) is 2.73. The first-order valence-electron chi connectivity index (χ1n) is 5.79. The molecule has 0 radical (unpaired) electrons. The molecule has 1 aromatic heterocycles. The predicted octanol–water partition coefficient (Wildman–Crippen LogP) is 2.60. The average molecular weight is 252 g/mol. The highest BCUT2D eigenvalue weighted by molar-refractivity contribution is 5.36. The van der Waals surface area contributed by atoms with Crippen molar-refractivity contribution in [3.8, 4) is 5.69 Å². The van der Waals surface area contributed by atoms with E-state index in [2.05, 4.69) is 5.10 Å². The van der Waals surface area contributed by atoms with Crippen LogP contribution in [-0.4, -0.2) is 14.9 Å². The van der Waals surface area contributed by atoms with Crippen molar-refractivity contribution < 1.29 is 13.9 Å². The molecule has 3 nitrogen and oxygen atoms in total. The van der Waals surface area contributed by atoms with E-state index in [0.717, 1.165) is 18.2 Å². The number of aliphatic hydroxyl groups excluding tert-OH is 1. The van der Waals surface area contributed by atoms with E-state index >= 15 is 0 Å². The van der Waals surface area contributed by atoms with E-state index in [-0.39, 0.29) is 12.3 Å². The van der Waals surface area contributed by atoms with Gasteiger partial charge in [0.15, 0.2) is 5.82 Å². The lowest BCUT2D eigenvalue weighted by Gasteiger charge is -2.09. The molecule has 2 rings (SSSR count). The van der Waals surface area contributed by atoms with Crippen LogP contribution in [0.4, 0.5) is 8.78 Å². The number of rotatable bonds is 4. The SMILES string of the molecule is CCCc1c(CO)cnn1-c1ccc(F)cc1F. The zero-order valence-electron chi connectivity index (χ0n) is 10.0. The third kappa shape index (κ3) is 2.26. The molecule has 0 spiro atoms. The van der Waals surface area contributed by atoms with Crippen LogP contribution in [0.1, 0.15) is 24.6 Å². The van der Waals surface area contributed by atoms with E-state index in [1.54, 1.807) is 0 Å². The Kier molecular flexibility index (Phi) is 3.72. The van der Waals surface area contributed by atoms with Crippen molar-refractivity contribution in [1.82, 2.24) is 9.78 Å². The second-order valence-corrected chi connectivity index (χ2v) is 4.03. The summed E-state index contributed by atoms with van der Waals surface area (Å²) in [4.78, 5) is 0. The smallest absolute Gasteiger partial charge is 0.151 e. The summed E-state index contributed by atoms with van der Waals surface area (Å²) >= 11 is 0. The van der Waals surface area contributed by atoms with Gasteiger partial charge in [-0.3, -0.25) is 0 Å². The van der Waals surface area contributed by atoms with E-state index in [4.69, 9.17) is 0 Å². The summed E-state index contributed by atoms with van der Waals surface area (Å²) in [6.07, 6.45) is 3.03. The summed E-state index contributed by atoms with van der Waals surface area (Å²) in [6, 6.07) is 3.36. The van der Waals surface area contributed by atoms with Gasteiger partial charge in [-0.1, -0.05) is 13.3 Å². The minimum atomic E-state index is -0.667. The van der Waals surface area contributed by atoms with Crippen LogP contribution in [0.25, 0.3) is 5.69 Å². The van der Waals surface area contributed by atoms with Gasteiger partial charge >= 0.3 is 0 Å². The van der Waals surface area contributed by atoms with Crippen LogP contribution >= 0.6 is 0 Å². The predicted molar refractivity (Wildman–Crippen MR) is 63.4 cm³/mol. The molecule has 5 heteroatoms. The molecule has 0 unspecified atom stereocenters. The monoisotopic (exact) mass is 252 g/mol. The van der Waals surface area contributed by atoms with Gasteiger partial charge in [-0.05, 0) is 18.6 Å². The molecule has 0 aliphatic carbocycles. The molecule has 1 heterocycles. The molecule has 1 N–H and O–H groups in total. The van der Waals surface area contributed by atoms with Crippen molar-refractivity contribution in [2.45, 2.75) is 26.4 Å². The van der Waals surface area contributed by atoms with Crippen LogP contribution in [0.2, 0.25) is 0 Å². The number of aliphatic hydroxyl groups is 1.